The summed E-state index contributed by atoms with van der Waals surface area (Å²) < 4.78 is 37.0. The highest BCUT2D eigenvalue weighted by molar-refractivity contribution is 7.89. The van der Waals surface area contributed by atoms with Crippen LogP contribution in [0.1, 0.15) is 23.0 Å². The zero-order valence-electron chi connectivity index (χ0n) is 16.3. The van der Waals surface area contributed by atoms with E-state index in [1.54, 1.807) is 6.92 Å². The first kappa shape index (κ1) is 21.3. The molecule has 2 aromatic rings. The molecule has 2 heterocycles. The summed E-state index contributed by atoms with van der Waals surface area (Å²) in [4.78, 5) is 13.6. The molecule has 0 radical (unpaired) electrons. The van der Waals surface area contributed by atoms with Gasteiger partial charge in [0.05, 0.1) is 6.61 Å². The second-order valence-electron chi connectivity index (χ2n) is 6.48. The SMILES string of the molecule is CCOC(=O)c1ccc(S(=O)(=O)N2CCN(C(=S)Nc3ccccc3C)CC2)o1. The molecular formula is C19H23N3O5S2. The van der Waals surface area contributed by atoms with Crippen LogP contribution in [0.25, 0.3) is 0 Å². The molecule has 0 amide bonds. The van der Waals surface area contributed by atoms with Gasteiger partial charge < -0.3 is 19.4 Å². The Morgan fingerprint density at radius 1 is 1.17 bits per heavy atom. The Labute approximate surface area is 175 Å². The van der Waals surface area contributed by atoms with Gasteiger partial charge in [0, 0.05) is 31.9 Å². The highest BCUT2D eigenvalue weighted by Crippen LogP contribution is 2.21. The maximum absolute atomic E-state index is 12.8. The Balaban J connectivity index is 1.61. The first-order valence-corrected chi connectivity index (χ1v) is 11.1. The number of sulfonamides is 1. The zero-order valence-corrected chi connectivity index (χ0v) is 17.9. The summed E-state index contributed by atoms with van der Waals surface area (Å²) in [5, 5.41) is 3.50. The number of thiocarbonyl (C=S) groups is 1. The average Bonchev–Trinajstić information content (AvgIpc) is 3.21. The summed E-state index contributed by atoms with van der Waals surface area (Å²) in [6, 6.07) is 10.4. The minimum atomic E-state index is -3.84. The molecular weight excluding hydrogens is 414 g/mol. The molecule has 1 aliphatic rings. The number of esters is 1. The quantitative estimate of drug-likeness (QED) is 0.563. The number of carbonyl (C=O) groups is 1. The van der Waals surface area contributed by atoms with Crippen molar-refractivity contribution >= 4 is 39.0 Å². The normalized spacial score (nSPS) is 15.2. The van der Waals surface area contributed by atoms with Gasteiger partial charge in [-0.2, -0.15) is 4.31 Å². The summed E-state index contributed by atoms with van der Waals surface area (Å²) in [5.74, 6) is -0.820. The molecule has 156 valence electrons. The van der Waals surface area contributed by atoms with E-state index in [-0.39, 0.29) is 30.5 Å². The number of hydrogen-bond donors (Lipinski definition) is 1. The van der Waals surface area contributed by atoms with Crippen molar-refractivity contribution < 1.29 is 22.4 Å². The predicted octanol–water partition coefficient (Wildman–Crippen LogP) is 2.47. The molecule has 1 fully saturated rings. The van der Waals surface area contributed by atoms with E-state index < -0.39 is 16.0 Å². The molecule has 0 aliphatic carbocycles. The lowest BCUT2D eigenvalue weighted by atomic mass is 10.2. The van der Waals surface area contributed by atoms with E-state index in [0.717, 1.165) is 11.3 Å². The largest absolute Gasteiger partial charge is 0.460 e. The van der Waals surface area contributed by atoms with Crippen LogP contribution in [-0.2, 0) is 14.8 Å². The van der Waals surface area contributed by atoms with Crippen molar-refractivity contribution in [2.45, 2.75) is 18.9 Å². The molecule has 0 bridgehead atoms. The Bertz CT molecular complexity index is 995. The van der Waals surface area contributed by atoms with Crippen LogP contribution in [0.3, 0.4) is 0 Å². The van der Waals surface area contributed by atoms with Gasteiger partial charge in [0.25, 0.3) is 10.0 Å². The number of rotatable bonds is 5. The van der Waals surface area contributed by atoms with Crippen LogP contribution in [-0.4, -0.2) is 61.5 Å². The number of para-hydroxylation sites is 1. The van der Waals surface area contributed by atoms with Crippen molar-refractivity contribution in [3.63, 3.8) is 0 Å². The summed E-state index contributed by atoms with van der Waals surface area (Å²) in [6.07, 6.45) is 0. The number of anilines is 1. The van der Waals surface area contributed by atoms with Crippen molar-refractivity contribution in [3.05, 3.63) is 47.7 Å². The van der Waals surface area contributed by atoms with Gasteiger partial charge in [-0.25, -0.2) is 13.2 Å². The number of aryl methyl sites for hydroxylation is 1. The summed E-state index contributed by atoms with van der Waals surface area (Å²) >= 11 is 5.47. The highest BCUT2D eigenvalue weighted by atomic mass is 32.2. The van der Waals surface area contributed by atoms with E-state index >= 15 is 0 Å². The molecule has 1 aliphatic heterocycles. The van der Waals surface area contributed by atoms with Crippen LogP contribution in [0.2, 0.25) is 0 Å². The van der Waals surface area contributed by atoms with Crippen molar-refractivity contribution in [3.8, 4) is 0 Å². The van der Waals surface area contributed by atoms with Crippen molar-refractivity contribution in [1.82, 2.24) is 9.21 Å². The van der Waals surface area contributed by atoms with Crippen LogP contribution in [0.15, 0.2) is 45.9 Å². The number of carbonyl (C=O) groups excluding carboxylic acids is 1. The molecule has 29 heavy (non-hydrogen) atoms. The van der Waals surface area contributed by atoms with E-state index in [0.29, 0.717) is 18.2 Å². The Morgan fingerprint density at radius 2 is 1.86 bits per heavy atom. The minimum Gasteiger partial charge on any atom is -0.460 e. The van der Waals surface area contributed by atoms with Gasteiger partial charge in [0.15, 0.2) is 5.11 Å². The van der Waals surface area contributed by atoms with Gasteiger partial charge in [0.2, 0.25) is 10.9 Å². The molecule has 3 rings (SSSR count). The second kappa shape index (κ2) is 8.93. The Kier molecular flexibility index (Phi) is 6.56. The molecule has 1 N–H and O–H groups in total. The first-order chi connectivity index (χ1) is 13.8. The van der Waals surface area contributed by atoms with Crippen LogP contribution >= 0.6 is 12.2 Å². The maximum Gasteiger partial charge on any atom is 0.374 e. The number of hydrogen-bond acceptors (Lipinski definition) is 6. The number of ether oxygens (including phenoxy) is 1. The smallest absolute Gasteiger partial charge is 0.374 e. The van der Waals surface area contributed by atoms with E-state index in [9.17, 15) is 13.2 Å². The number of nitrogens with zero attached hydrogens (tertiary/aromatic N) is 2. The lowest BCUT2D eigenvalue weighted by molar-refractivity contribution is 0.0483. The number of benzene rings is 1. The van der Waals surface area contributed by atoms with Crippen LogP contribution in [0.4, 0.5) is 5.69 Å². The topological polar surface area (TPSA) is 92.1 Å². The lowest BCUT2D eigenvalue weighted by Gasteiger charge is -2.35. The molecule has 0 unspecified atom stereocenters. The molecule has 1 aromatic carbocycles. The molecule has 10 heteroatoms. The van der Waals surface area contributed by atoms with Gasteiger partial charge >= 0.3 is 5.97 Å². The number of furan rings is 1. The Hall–Kier alpha value is -2.43. The fourth-order valence-corrected chi connectivity index (χ4v) is 4.56. The van der Waals surface area contributed by atoms with Gasteiger partial charge in [-0.15, -0.1) is 0 Å². The van der Waals surface area contributed by atoms with Gasteiger partial charge in [0.1, 0.15) is 0 Å². The predicted molar refractivity (Wildman–Crippen MR) is 112 cm³/mol. The van der Waals surface area contributed by atoms with Crippen LogP contribution in [0.5, 0.6) is 0 Å². The van der Waals surface area contributed by atoms with Crippen molar-refractivity contribution in [2.75, 3.05) is 38.1 Å². The summed E-state index contributed by atoms with van der Waals surface area (Å²) in [7, 11) is -3.84. The van der Waals surface area contributed by atoms with E-state index in [1.807, 2.05) is 36.1 Å². The van der Waals surface area contributed by atoms with E-state index in [4.69, 9.17) is 21.4 Å². The first-order valence-electron chi connectivity index (χ1n) is 9.21. The third-order valence-electron chi connectivity index (χ3n) is 4.56. The van der Waals surface area contributed by atoms with Crippen LogP contribution < -0.4 is 5.32 Å². The molecule has 0 atom stereocenters. The maximum atomic E-state index is 12.8. The van der Waals surface area contributed by atoms with Gasteiger partial charge in [-0.05, 0) is 49.8 Å². The monoisotopic (exact) mass is 437 g/mol. The van der Waals surface area contributed by atoms with Crippen LogP contribution in [0, 0.1) is 6.92 Å². The molecule has 1 saturated heterocycles. The van der Waals surface area contributed by atoms with E-state index in [1.165, 1.54) is 16.4 Å². The third-order valence-corrected chi connectivity index (χ3v) is 6.70. The molecule has 1 aromatic heterocycles. The summed E-state index contributed by atoms with van der Waals surface area (Å²) in [6.45, 7) is 5.24. The zero-order chi connectivity index (χ0) is 21.0. The third kappa shape index (κ3) is 4.77. The molecule has 8 nitrogen and oxygen atoms in total. The van der Waals surface area contributed by atoms with Crippen molar-refractivity contribution in [1.29, 1.82) is 0 Å². The lowest BCUT2D eigenvalue weighted by Crippen LogP contribution is -2.51. The molecule has 0 saturated carbocycles. The number of nitrogens with one attached hydrogen (secondary N) is 1. The summed E-state index contributed by atoms with van der Waals surface area (Å²) in [5.41, 5.74) is 2.00. The fraction of sp³-hybridized carbons (Fsp3) is 0.368. The molecule has 0 spiro atoms. The van der Waals surface area contributed by atoms with Crippen molar-refractivity contribution in [2.24, 2.45) is 0 Å². The van der Waals surface area contributed by atoms with Gasteiger partial charge in [-0.3, -0.25) is 0 Å². The Morgan fingerprint density at radius 3 is 2.52 bits per heavy atom. The second-order valence-corrected chi connectivity index (χ2v) is 8.73. The number of piperazine rings is 1. The average molecular weight is 438 g/mol. The fourth-order valence-electron chi connectivity index (χ4n) is 2.94. The van der Waals surface area contributed by atoms with E-state index in [2.05, 4.69) is 5.32 Å². The van der Waals surface area contributed by atoms with Gasteiger partial charge in [-0.1, -0.05) is 18.2 Å². The minimum absolute atomic E-state index is 0.132. The highest BCUT2D eigenvalue weighted by Gasteiger charge is 2.32. The standard InChI is InChI=1S/C19H23N3O5S2/c1-3-26-18(23)16-8-9-17(27-16)29(24,25)22-12-10-21(11-13-22)19(28)20-15-7-5-4-6-14(15)2/h4-9H,3,10-13H2,1-2H3,(H,20,28).